The molecule has 20 heavy (non-hydrogen) atoms. The van der Waals surface area contributed by atoms with Crippen LogP contribution in [-0.2, 0) is 6.42 Å². The van der Waals surface area contributed by atoms with E-state index in [0.717, 1.165) is 24.9 Å². The number of likely N-dealkylation sites (N-methyl/N-ethyl adjacent to an activating group) is 1. The first-order valence-corrected chi connectivity index (χ1v) is 7.10. The molecule has 5 heteroatoms. The molecule has 0 saturated carbocycles. The average molecular weight is 272 g/mol. The van der Waals surface area contributed by atoms with Crippen molar-refractivity contribution in [1.29, 1.82) is 0 Å². The van der Waals surface area contributed by atoms with Gasteiger partial charge in [-0.2, -0.15) is 4.99 Å². The van der Waals surface area contributed by atoms with Crippen LogP contribution in [0.3, 0.4) is 0 Å². The highest BCUT2D eigenvalue weighted by Gasteiger charge is 2.34. The molecule has 0 aliphatic carbocycles. The molecule has 1 unspecified atom stereocenters. The average Bonchev–Trinajstić information content (AvgIpc) is 2.91. The van der Waals surface area contributed by atoms with Crippen LogP contribution in [0.2, 0.25) is 0 Å². The highest BCUT2D eigenvalue weighted by molar-refractivity contribution is 6.03. The lowest BCUT2D eigenvalue weighted by atomic mass is 10.0. The van der Waals surface area contributed by atoms with Gasteiger partial charge in [-0.1, -0.05) is 19.1 Å². The van der Waals surface area contributed by atoms with Crippen LogP contribution in [0.15, 0.2) is 23.2 Å². The standard InChI is InChI=1S/C15H20N4O/c1-3-7-19-13(14(16)17-15(19)20)11-4-5-12-10(9-11)6-8-18(12)2/h4-5,9,13H,3,6-8H2,1-2H3,(H2,16,17,20). The molecule has 1 aromatic rings. The first-order valence-electron chi connectivity index (χ1n) is 7.10. The van der Waals surface area contributed by atoms with Gasteiger partial charge in [0.05, 0.1) is 0 Å². The molecule has 0 radical (unpaired) electrons. The summed E-state index contributed by atoms with van der Waals surface area (Å²) in [5, 5.41) is 0. The van der Waals surface area contributed by atoms with E-state index in [1.165, 1.54) is 11.3 Å². The lowest BCUT2D eigenvalue weighted by Crippen LogP contribution is -2.33. The van der Waals surface area contributed by atoms with E-state index in [1.807, 2.05) is 0 Å². The van der Waals surface area contributed by atoms with Crippen LogP contribution in [0.25, 0.3) is 0 Å². The minimum absolute atomic E-state index is 0.196. The second-order valence-electron chi connectivity index (χ2n) is 5.47. The monoisotopic (exact) mass is 272 g/mol. The van der Waals surface area contributed by atoms with Crippen LogP contribution in [-0.4, -0.2) is 36.9 Å². The summed E-state index contributed by atoms with van der Waals surface area (Å²) < 4.78 is 0. The molecule has 0 bridgehead atoms. The van der Waals surface area contributed by atoms with E-state index in [4.69, 9.17) is 5.73 Å². The molecule has 2 heterocycles. The Balaban J connectivity index is 1.96. The number of anilines is 1. The summed E-state index contributed by atoms with van der Waals surface area (Å²) in [5.74, 6) is 0.412. The van der Waals surface area contributed by atoms with Crippen LogP contribution in [0.1, 0.15) is 30.5 Å². The number of fused-ring (bicyclic) bond motifs is 1. The number of urea groups is 1. The van der Waals surface area contributed by atoms with Crippen molar-refractivity contribution in [3.8, 4) is 0 Å². The number of carbonyl (C=O) groups is 1. The van der Waals surface area contributed by atoms with Crippen molar-refractivity contribution in [3.63, 3.8) is 0 Å². The van der Waals surface area contributed by atoms with Crippen LogP contribution >= 0.6 is 0 Å². The Morgan fingerprint density at radius 1 is 1.45 bits per heavy atom. The fourth-order valence-corrected chi connectivity index (χ4v) is 3.08. The number of aliphatic imine (C=N–C) groups is 1. The van der Waals surface area contributed by atoms with Crippen molar-refractivity contribution in [2.24, 2.45) is 10.7 Å². The molecule has 0 aromatic heterocycles. The third-order valence-corrected chi connectivity index (χ3v) is 4.07. The van der Waals surface area contributed by atoms with Gasteiger partial charge in [0.1, 0.15) is 11.9 Å². The van der Waals surface area contributed by atoms with Gasteiger partial charge in [0.15, 0.2) is 0 Å². The zero-order valence-corrected chi connectivity index (χ0v) is 12.0. The fraction of sp³-hybridized carbons (Fsp3) is 0.467. The third-order valence-electron chi connectivity index (χ3n) is 4.07. The molecule has 0 saturated heterocycles. The zero-order chi connectivity index (χ0) is 14.3. The van der Waals surface area contributed by atoms with E-state index in [1.54, 1.807) is 4.90 Å². The molecular weight excluding hydrogens is 252 g/mol. The number of amidine groups is 1. The van der Waals surface area contributed by atoms with Gasteiger partial charge in [-0.15, -0.1) is 0 Å². The van der Waals surface area contributed by atoms with Crippen molar-refractivity contribution in [2.45, 2.75) is 25.8 Å². The summed E-state index contributed by atoms with van der Waals surface area (Å²) in [6, 6.07) is 5.95. The summed E-state index contributed by atoms with van der Waals surface area (Å²) in [6.07, 6.45) is 1.95. The van der Waals surface area contributed by atoms with E-state index >= 15 is 0 Å². The maximum Gasteiger partial charge on any atom is 0.346 e. The normalized spacial score (nSPS) is 21.4. The summed E-state index contributed by atoms with van der Waals surface area (Å²) >= 11 is 0. The summed E-state index contributed by atoms with van der Waals surface area (Å²) in [7, 11) is 2.10. The number of nitrogens with zero attached hydrogens (tertiary/aromatic N) is 3. The Morgan fingerprint density at radius 3 is 3.00 bits per heavy atom. The predicted octanol–water partition coefficient (Wildman–Crippen LogP) is 1.92. The molecule has 5 nitrogen and oxygen atoms in total. The minimum atomic E-state index is -0.216. The molecular formula is C15H20N4O. The topological polar surface area (TPSA) is 61.9 Å². The molecule has 2 aliphatic heterocycles. The van der Waals surface area contributed by atoms with E-state index < -0.39 is 0 Å². The largest absolute Gasteiger partial charge is 0.385 e. The Bertz CT molecular complexity index is 581. The Hall–Kier alpha value is -2.04. The van der Waals surface area contributed by atoms with Crippen molar-refractivity contribution in [3.05, 3.63) is 29.3 Å². The molecule has 2 amide bonds. The lowest BCUT2D eigenvalue weighted by molar-refractivity contribution is 0.206. The van der Waals surface area contributed by atoms with Crippen LogP contribution < -0.4 is 10.6 Å². The third kappa shape index (κ3) is 1.94. The van der Waals surface area contributed by atoms with Gasteiger partial charge in [-0.25, -0.2) is 4.79 Å². The minimum Gasteiger partial charge on any atom is -0.385 e. The van der Waals surface area contributed by atoms with Crippen molar-refractivity contribution in [2.75, 3.05) is 25.0 Å². The van der Waals surface area contributed by atoms with E-state index in [-0.39, 0.29) is 12.1 Å². The first-order chi connectivity index (χ1) is 9.61. The highest BCUT2D eigenvalue weighted by Crippen LogP contribution is 2.33. The van der Waals surface area contributed by atoms with E-state index in [2.05, 4.69) is 42.1 Å². The molecule has 2 N–H and O–H groups in total. The zero-order valence-electron chi connectivity index (χ0n) is 12.0. The Morgan fingerprint density at radius 2 is 2.25 bits per heavy atom. The lowest BCUT2D eigenvalue weighted by Gasteiger charge is -2.24. The van der Waals surface area contributed by atoms with Gasteiger partial charge >= 0.3 is 6.03 Å². The molecule has 106 valence electrons. The van der Waals surface area contributed by atoms with Crippen molar-refractivity contribution >= 4 is 17.6 Å². The van der Waals surface area contributed by atoms with Crippen LogP contribution in [0.5, 0.6) is 0 Å². The van der Waals surface area contributed by atoms with E-state index in [0.29, 0.717) is 12.4 Å². The van der Waals surface area contributed by atoms with Gasteiger partial charge in [-0.05, 0) is 30.0 Å². The molecule has 0 fully saturated rings. The van der Waals surface area contributed by atoms with Gasteiger partial charge in [0.25, 0.3) is 0 Å². The number of carbonyl (C=O) groups excluding carboxylic acids is 1. The molecule has 3 rings (SSSR count). The number of hydrogen-bond acceptors (Lipinski definition) is 3. The number of hydrogen-bond donors (Lipinski definition) is 1. The number of nitrogens with two attached hydrogens (primary N) is 1. The molecule has 0 spiro atoms. The van der Waals surface area contributed by atoms with Crippen LogP contribution in [0, 0.1) is 0 Å². The van der Waals surface area contributed by atoms with Crippen LogP contribution in [0.4, 0.5) is 10.5 Å². The van der Waals surface area contributed by atoms with Gasteiger partial charge in [0, 0.05) is 25.8 Å². The molecule has 2 aliphatic rings. The summed E-state index contributed by atoms with van der Waals surface area (Å²) in [5.41, 5.74) is 9.64. The molecule has 1 atom stereocenters. The van der Waals surface area contributed by atoms with Crippen molar-refractivity contribution < 1.29 is 4.79 Å². The Labute approximate surface area is 119 Å². The smallest absolute Gasteiger partial charge is 0.346 e. The van der Waals surface area contributed by atoms with Gasteiger partial charge in [-0.3, -0.25) is 0 Å². The maximum atomic E-state index is 11.9. The van der Waals surface area contributed by atoms with Gasteiger partial charge < -0.3 is 15.5 Å². The van der Waals surface area contributed by atoms with Crippen molar-refractivity contribution in [1.82, 2.24) is 4.90 Å². The molecule has 1 aromatic carbocycles. The Kier molecular flexibility index (Phi) is 3.12. The summed E-state index contributed by atoms with van der Waals surface area (Å²) in [4.78, 5) is 19.8. The fourth-order valence-electron chi connectivity index (χ4n) is 3.08. The maximum absolute atomic E-state index is 11.9. The second-order valence-corrected chi connectivity index (χ2v) is 5.47. The quantitative estimate of drug-likeness (QED) is 0.914. The SMILES string of the molecule is CCCN1C(=O)N=C(N)C1c1ccc2c(c1)CCN2C. The van der Waals surface area contributed by atoms with E-state index in [9.17, 15) is 4.79 Å². The number of rotatable bonds is 3. The first kappa shape index (κ1) is 13.0. The highest BCUT2D eigenvalue weighted by atomic mass is 16.2. The summed E-state index contributed by atoms with van der Waals surface area (Å²) in [6.45, 7) is 3.78. The number of amides is 2. The number of benzene rings is 1. The second kappa shape index (κ2) is 4.81. The van der Waals surface area contributed by atoms with Gasteiger partial charge in [0.2, 0.25) is 0 Å². The predicted molar refractivity (Wildman–Crippen MR) is 80.2 cm³/mol.